The topological polar surface area (TPSA) is 111 Å². The van der Waals surface area contributed by atoms with Crippen molar-refractivity contribution >= 4 is 11.7 Å². The predicted molar refractivity (Wildman–Crippen MR) is 59.7 cm³/mol. The molecule has 0 atom stereocenters. The fraction of sp³-hybridized carbons (Fsp3) is 0.100. The Kier molecular flexibility index (Phi) is 2.76. The summed E-state index contributed by atoms with van der Waals surface area (Å²) < 4.78 is 1.27. The zero-order valence-corrected chi connectivity index (χ0v) is 9.27. The maximum Gasteiger partial charge on any atom is 0.339 e. The Labute approximate surface area is 101 Å². The van der Waals surface area contributed by atoms with Crippen LogP contribution in [-0.2, 0) is 0 Å². The highest BCUT2D eigenvalue weighted by Crippen LogP contribution is 2.13. The number of hydrogen-bond acceptors (Lipinski definition) is 5. The summed E-state index contributed by atoms with van der Waals surface area (Å²) in [6.07, 6.45) is 2.40. The lowest BCUT2D eigenvalue weighted by molar-refractivity contribution is -0.385. The fourth-order valence-corrected chi connectivity index (χ4v) is 1.41. The van der Waals surface area contributed by atoms with Gasteiger partial charge in [-0.05, 0) is 13.0 Å². The van der Waals surface area contributed by atoms with E-state index in [4.69, 9.17) is 5.11 Å². The number of carboxylic acid groups (broad SMARTS) is 1. The molecule has 0 aromatic carbocycles. The largest absolute Gasteiger partial charge is 0.478 e. The molecule has 0 aliphatic rings. The van der Waals surface area contributed by atoms with Gasteiger partial charge in [0, 0.05) is 12.3 Å². The molecule has 0 saturated carbocycles. The first-order valence-electron chi connectivity index (χ1n) is 4.89. The zero-order valence-electron chi connectivity index (χ0n) is 9.27. The molecule has 8 nitrogen and oxygen atoms in total. The van der Waals surface area contributed by atoms with Gasteiger partial charge in [-0.1, -0.05) is 0 Å². The predicted octanol–water partition coefficient (Wildman–Crippen LogP) is 1.18. The highest BCUT2D eigenvalue weighted by atomic mass is 16.6. The van der Waals surface area contributed by atoms with Gasteiger partial charge in [0.1, 0.15) is 11.8 Å². The third kappa shape index (κ3) is 2.03. The molecule has 0 bridgehead atoms. The zero-order chi connectivity index (χ0) is 13.3. The van der Waals surface area contributed by atoms with Crippen LogP contribution in [0.2, 0.25) is 0 Å². The third-order valence-electron chi connectivity index (χ3n) is 2.31. The molecule has 0 unspecified atom stereocenters. The van der Waals surface area contributed by atoms with Crippen molar-refractivity contribution in [3.8, 4) is 5.82 Å². The number of carboxylic acids is 1. The summed E-state index contributed by atoms with van der Waals surface area (Å²) in [6, 6.07) is 2.68. The Morgan fingerprint density at radius 2 is 2.22 bits per heavy atom. The van der Waals surface area contributed by atoms with Crippen molar-refractivity contribution in [2.75, 3.05) is 0 Å². The van der Waals surface area contributed by atoms with Crippen LogP contribution in [0.4, 0.5) is 5.69 Å². The van der Waals surface area contributed by atoms with Gasteiger partial charge in [0.2, 0.25) is 0 Å². The number of carbonyl (C=O) groups is 1. The molecule has 8 heteroatoms. The summed E-state index contributed by atoms with van der Waals surface area (Å²) in [6.45, 7) is 1.56. The van der Waals surface area contributed by atoms with Crippen molar-refractivity contribution in [1.82, 2.24) is 14.8 Å². The summed E-state index contributed by atoms with van der Waals surface area (Å²) in [5, 5.41) is 23.3. The van der Waals surface area contributed by atoms with Crippen molar-refractivity contribution in [1.29, 1.82) is 0 Å². The summed E-state index contributed by atoms with van der Waals surface area (Å²) in [4.78, 5) is 24.6. The van der Waals surface area contributed by atoms with Crippen LogP contribution in [0, 0.1) is 17.0 Å². The van der Waals surface area contributed by atoms with Gasteiger partial charge in [-0.2, -0.15) is 5.10 Å². The van der Waals surface area contributed by atoms with Gasteiger partial charge in [-0.15, -0.1) is 0 Å². The normalized spacial score (nSPS) is 10.3. The summed E-state index contributed by atoms with van der Waals surface area (Å²) in [7, 11) is 0. The van der Waals surface area contributed by atoms with Gasteiger partial charge in [0.15, 0.2) is 5.82 Å². The van der Waals surface area contributed by atoms with Crippen molar-refractivity contribution in [2.45, 2.75) is 6.92 Å². The molecule has 0 spiro atoms. The van der Waals surface area contributed by atoms with Crippen LogP contribution in [0.1, 0.15) is 16.1 Å². The maximum atomic E-state index is 10.8. The molecule has 92 valence electrons. The highest BCUT2D eigenvalue weighted by Gasteiger charge is 2.13. The first-order chi connectivity index (χ1) is 8.49. The van der Waals surface area contributed by atoms with Crippen molar-refractivity contribution in [3.63, 3.8) is 0 Å². The molecule has 18 heavy (non-hydrogen) atoms. The minimum Gasteiger partial charge on any atom is -0.478 e. The average molecular weight is 248 g/mol. The summed E-state index contributed by atoms with van der Waals surface area (Å²) in [5.74, 6) is -0.767. The smallest absolute Gasteiger partial charge is 0.339 e. The van der Waals surface area contributed by atoms with Gasteiger partial charge in [-0.3, -0.25) is 10.1 Å². The summed E-state index contributed by atoms with van der Waals surface area (Å²) in [5.41, 5.74) is 0.277. The number of nitro groups is 1. The lowest BCUT2D eigenvalue weighted by atomic mass is 10.3. The Balaban J connectivity index is 2.40. The molecular formula is C10H8N4O4. The van der Waals surface area contributed by atoms with Gasteiger partial charge >= 0.3 is 5.97 Å². The van der Waals surface area contributed by atoms with E-state index in [-0.39, 0.29) is 11.3 Å². The molecular weight excluding hydrogens is 240 g/mol. The Morgan fingerprint density at radius 1 is 1.50 bits per heavy atom. The van der Waals surface area contributed by atoms with Crippen LogP contribution in [0.3, 0.4) is 0 Å². The van der Waals surface area contributed by atoms with Crippen molar-refractivity contribution in [3.05, 3.63) is 45.9 Å². The molecule has 2 heterocycles. The van der Waals surface area contributed by atoms with Gasteiger partial charge < -0.3 is 5.11 Å². The molecule has 0 aliphatic heterocycles. The molecule has 0 amide bonds. The van der Waals surface area contributed by atoms with Crippen LogP contribution in [-0.4, -0.2) is 30.8 Å². The van der Waals surface area contributed by atoms with E-state index in [9.17, 15) is 14.9 Å². The number of hydrogen-bond donors (Lipinski definition) is 1. The maximum absolute atomic E-state index is 10.8. The van der Waals surface area contributed by atoms with E-state index in [2.05, 4.69) is 10.1 Å². The van der Waals surface area contributed by atoms with Crippen LogP contribution in [0.15, 0.2) is 24.5 Å². The van der Waals surface area contributed by atoms with Crippen LogP contribution < -0.4 is 0 Å². The first kappa shape index (κ1) is 11.7. The molecule has 2 rings (SSSR count). The minimum atomic E-state index is -1.08. The molecule has 2 aromatic heterocycles. The molecule has 0 aliphatic carbocycles. The second-order valence-corrected chi connectivity index (χ2v) is 3.51. The summed E-state index contributed by atoms with van der Waals surface area (Å²) >= 11 is 0. The Morgan fingerprint density at radius 3 is 2.67 bits per heavy atom. The molecule has 2 aromatic rings. The van der Waals surface area contributed by atoms with Crippen LogP contribution in [0.25, 0.3) is 5.82 Å². The Bertz CT molecular complexity index is 617. The molecule has 0 fully saturated rings. The average Bonchev–Trinajstić information content (AvgIpc) is 2.71. The molecule has 1 N–H and O–H groups in total. The van der Waals surface area contributed by atoms with E-state index >= 15 is 0 Å². The number of aromatic nitrogens is 3. The third-order valence-corrected chi connectivity index (χ3v) is 2.31. The number of aromatic carboxylic acids is 1. The van der Waals surface area contributed by atoms with E-state index < -0.39 is 10.9 Å². The van der Waals surface area contributed by atoms with Crippen LogP contribution in [0.5, 0.6) is 0 Å². The van der Waals surface area contributed by atoms with Gasteiger partial charge in [0.05, 0.1) is 10.6 Å². The highest BCUT2D eigenvalue weighted by molar-refractivity contribution is 5.88. The van der Waals surface area contributed by atoms with Crippen molar-refractivity contribution in [2.24, 2.45) is 0 Å². The first-order valence-corrected chi connectivity index (χ1v) is 4.89. The van der Waals surface area contributed by atoms with E-state index in [1.54, 1.807) is 6.92 Å². The van der Waals surface area contributed by atoms with E-state index in [1.165, 1.54) is 23.0 Å². The minimum absolute atomic E-state index is 0.0650. The number of pyridine rings is 1. The fourth-order valence-electron chi connectivity index (χ4n) is 1.41. The lowest BCUT2D eigenvalue weighted by Gasteiger charge is -1.98. The number of nitrogens with zero attached hydrogens (tertiary/aromatic N) is 4. The Hall–Kier alpha value is -2.77. The van der Waals surface area contributed by atoms with Gasteiger partial charge in [0.25, 0.3) is 5.69 Å². The monoisotopic (exact) mass is 248 g/mol. The lowest BCUT2D eigenvalue weighted by Crippen LogP contribution is -1.99. The second kappa shape index (κ2) is 4.24. The van der Waals surface area contributed by atoms with E-state index in [1.807, 2.05) is 0 Å². The van der Waals surface area contributed by atoms with Crippen molar-refractivity contribution < 1.29 is 14.8 Å². The molecule has 0 saturated heterocycles. The SMILES string of the molecule is Cc1nn(-c2ccc([N+](=O)[O-])cn2)cc1C(=O)O. The number of rotatable bonds is 3. The van der Waals surface area contributed by atoms with Gasteiger partial charge in [-0.25, -0.2) is 14.5 Å². The van der Waals surface area contributed by atoms with E-state index in [0.29, 0.717) is 11.5 Å². The number of aryl methyl sites for hydroxylation is 1. The van der Waals surface area contributed by atoms with E-state index in [0.717, 1.165) is 6.20 Å². The van der Waals surface area contributed by atoms with Crippen LogP contribution >= 0.6 is 0 Å². The molecule has 0 radical (unpaired) electrons. The quantitative estimate of drug-likeness (QED) is 0.644. The second-order valence-electron chi connectivity index (χ2n) is 3.51. The standard InChI is InChI=1S/C10H8N4O4/c1-6-8(10(15)16)5-13(12-6)9-3-2-7(4-11-9)14(17)18/h2-5H,1H3,(H,15,16).